The molecule has 0 aliphatic heterocycles. The third-order valence-electron chi connectivity index (χ3n) is 4.68. The monoisotopic (exact) mass is 380 g/mol. The topological polar surface area (TPSA) is 88.7 Å². The average molecular weight is 380 g/mol. The van der Waals surface area contributed by atoms with Gasteiger partial charge in [0.05, 0.1) is 6.54 Å². The van der Waals surface area contributed by atoms with Crippen LogP contribution in [0.5, 0.6) is 11.5 Å². The molecule has 0 unspecified atom stereocenters. The Bertz CT molecular complexity index is 786. The summed E-state index contributed by atoms with van der Waals surface area (Å²) in [4.78, 5) is 16.3. The molecule has 0 heterocycles. The van der Waals surface area contributed by atoms with Gasteiger partial charge in [0.25, 0.3) is 0 Å². The predicted molar refractivity (Wildman–Crippen MR) is 113 cm³/mol. The summed E-state index contributed by atoms with van der Waals surface area (Å²) in [5, 5.41) is 6.13. The van der Waals surface area contributed by atoms with Crippen molar-refractivity contribution >= 4 is 17.6 Å². The Kier molecular flexibility index (Phi) is 7.29. The van der Waals surface area contributed by atoms with Crippen LogP contribution in [0, 0.1) is 0 Å². The highest BCUT2D eigenvalue weighted by molar-refractivity contribution is 5.92. The molecule has 0 bridgehead atoms. The molecule has 6 heteroatoms. The molecule has 1 aliphatic carbocycles. The van der Waals surface area contributed by atoms with Crippen molar-refractivity contribution in [2.24, 2.45) is 10.7 Å². The van der Waals surface area contributed by atoms with E-state index in [9.17, 15) is 4.79 Å². The van der Waals surface area contributed by atoms with Crippen molar-refractivity contribution in [1.29, 1.82) is 0 Å². The van der Waals surface area contributed by atoms with E-state index in [0.29, 0.717) is 24.8 Å². The summed E-state index contributed by atoms with van der Waals surface area (Å²) in [6.45, 7) is 0.359. The van der Waals surface area contributed by atoms with Gasteiger partial charge in [-0.25, -0.2) is 0 Å². The van der Waals surface area contributed by atoms with Crippen LogP contribution in [0.2, 0.25) is 0 Å². The molecule has 0 saturated heterocycles. The van der Waals surface area contributed by atoms with Crippen LogP contribution in [0.4, 0.5) is 5.69 Å². The normalized spacial score (nSPS) is 15.1. The molecule has 1 fully saturated rings. The molecule has 0 spiro atoms. The first-order valence-electron chi connectivity index (χ1n) is 9.88. The lowest BCUT2D eigenvalue weighted by Crippen LogP contribution is -2.36. The number of nitrogens with two attached hydrogens (primary N) is 1. The van der Waals surface area contributed by atoms with E-state index in [1.54, 1.807) is 0 Å². The van der Waals surface area contributed by atoms with Crippen molar-refractivity contribution in [3.63, 3.8) is 0 Å². The van der Waals surface area contributed by atoms with Gasteiger partial charge in [-0.2, -0.15) is 0 Å². The Morgan fingerprint density at radius 3 is 2.57 bits per heavy atom. The second-order valence-electron chi connectivity index (χ2n) is 6.99. The average Bonchev–Trinajstić information content (AvgIpc) is 2.70. The van der Waals surface area contributed by atoms with Crippen LogP contribution in [0.25, 0.3) is 0 Å². The van der Waals surface area contributed by atoms with Gasteiger partial charge < -0.3 is 21.1 Å². The molecule has 1 saturated carbocycles. The Hall–Kier alpha value is -3.02. The van der Waals surface area contributed by atoms with Gasteiger partial charge in [-0.15, -0.1) is 0 Å². The van der Waals surface area contributed by atoms with Crippen molar-refractivity contribution in [3.05, 3.63) is 54.6 Å². The van der Waals surface area contributed by atoms with Gasteiger partial charge >= 0.3 is 0 Å². The fraction of sp³-hybridized carbons (Fsp3) is 0.364. The standard InChI is InChI=1S/C22H28N4O2/c23-22(24-15-14-21(27)25-17-8-3-1-4-9-17)26-18-10-7-13-20(16-18)28-19-11-5-2-6-12-19/h2,5-7,10-13,16-17H,1,3-4,8-9,14-15H2,(H,25,27)(H3,23,24,26). The lowest BCUT2D eigenvalue weighted by molar-refractivity contribution is -0.121. The van der Waals surface area contributed by atoms with Crippen LogP contribution in [0.1, 0.15) is 38.5 Å². The molecule has 0 radical (unpaired) electrons. The number of para-hydroxylation sites is 1. The van der Waals surface area contributed by atoms with Crippen molar-refractivity contribution in [1.82, 2.24) is 5.32 Å². The molecule has 4 N–H and O–H groups in total. The number of carbonyl (C=O) groups is 1. The van der Waals surface area contributed by atoms with Crippen molar-refractivity contribution in [2.45, 2.75) is 44.6 Å². The number of anilines is 1. The largest absolute Gasteiger partial charge is 0.457 e. The summed E-state index contributed by atoms with van der Waals surface area (Å²) in [6.07, 6.45) is 6.19. The van der Waals surface area contributed by atoms with E-state index in [1.807, 2.05) is 54.6 Å². The van der Waals surface area contributed by atoms with Crippen LogP contribution in [0.3, 0.4) is 0 Å². The Morgan fingerprint density at radius 1 is 1.04 bits per heavy atom. The minimum atomic E-state index is 0.0432. The number of nitrogens with one attached hydrogen (secondary N) is 2. The number of hydrogen-bond acceptors (Lipinski definition) is 3. The molecule has 1 amide bonds. The summed E-state index contributed by atoms with van der Waals surface area (Å²) in [5.41, 5.74) is 6.72. The first kappa shape index (κ1) is 19.7. The third kappa shape index (κ3) is 6.61. The number of ether oxygens (including phenoxy) is 1. The summed E-state index contributed by atoms with van der Waals surface area (Å²) in [5.74, 6) is 1.80. The molecule has 0 aromatic heterocycles. The number of hydrogen-bond donors (Lipinski definition) is 3. The number of benzene rings is 2. The minimum absolute atomic E-state index is 0.0432. The fourth-order valence-electron chi connectivity index (χ4n) is 3.27. The van der Waals surface area contributed by atoms with Crippen LogP contribution in [-0.2, 0) is 4.79 Å². The highest BCUT2D eigenvalue weighted by atomic mass is 16.5. The van der Waals surface area contributed by atoms with Crippen LogP contribution in [-0.4, -0.2) is 24.5 Å². The number of rotatable bonds is 7. The summed E-state index contributed by atoms with van der Waals surface area (Å²) in [6, 6.07) is 17.4. The highest BCUT2D eigenvalue weighted by Gasteiger charge is 2.15. The number of nitrogens with zero attached hydrogens (tertiary/aromatic N) is 1. The number of carbonyl (C=O) groups excluding carboxylic acids is 1. The van der Waals surface area contributed by atoms with Crippen molar-refractivity contribution in [2.75, 3.05) is 11.9 Å². The maximum absolute atomic E-state index is 12.0. The van der Waals surface area contributed by atoms with Crippen LogP contribution < -0.4 is 21.1 Å². The molecule has 3 rings (SSSR count). The molecular weight excluding hydrogens is 352 g/mol. The zero-order valence-corrected chi connectivity index (χ0v) is 16.1. The quantitative estimate of drug-likeness (QED) is 0.499. The predicted octanol–water partition coefficient (Wildman–Crippen LogP) is 4.04. The third-order valence-corrected chi connectivity index (χ3v) is 4.68. The van der Waals surface area contributed by atoms with Crippen LogP contribution >= 0.6 is 0 Å². The molecule has 0 atom stereocenters. The van der Waals surface area contributed by atoms with E-state index in [4.69, 9.17) is 10.5 Å². The van der Waals surface area contributed by atoms with E-state index < -0.39 is 0 Å². The zero-order valence-electron chi connectivity index (χ0n) is 16.1. The number of aliphatic imine (C=N–C) groups is 1. The van der Waals surface area contributed by atoms with Crippen LogP contribution in [0.15, 0.2) is 59.6 Å². The zero-order chi connectivity index (χ0) is 19.6. The van der Waals surface area contributed by atoms with Gasteiger partial charge in [-0.05, 0) is 37.1 Å². The number of amides is 1. The first-order valence-corrected chi connectivity index (χ1v) is 9.88. The fourth-order valence-corrected chi connectivity index (χ4v) is 3.27. The highest BCUT2D eigenvalue weighted by Crippen LogP contribution is 2.23. The molecule has 1 aliphatic rings. The Morgan fingerprint density at radius 2 is 1.79 bits per heavy atom. The SMILES string of the molecule is NC(=NCCC(=O)NC1CCCCC1)Nc1cccc(Oc2ccccc2)c1. The Balaban J connectivity index is 1.45. The minimum Gasteiger partial charge on any atom is -0.457 e. The maximum atomic E-state index is 12.0. The van der Waals surface area contributed by atoms with Gasteiger partial charge in [-0.1, -0.05) is 43.5 Å². The summed E-state index contributed by atoms with van der Waals surface area (Å²) < 4.78 is 5.81. The molecule has 2 aromatic rings. The number of guanidine groups is 1. The molecular formula is C22H28N4O2. The van der Waals surface area contributed by atoms with E-state index in [0.717, 1.165) is 24.3 Å². The van der Waals surface area contributed by atoms with Gasteiger partial charge in [0.1, 0.15) is 11.5 Å². The molecule has 6 nitrogen and oxygen atoms in total. The van der Waals surface area contributed by atoms with Crippen molar-refractivity contribution < 1.29 is 9.53 Å². The molecule has 148 valence electrons. The lowest BCUT2D eigenvalue weighted by Gasteiger charge is -2.22. The Labute approximate surface area is 166 Å². The summed E-state index contributed by atoms with van der Waals surface area (Å²) in [7, 11) is 0. The van der Waals surface area contributed by atoms with Crippen molar-refractivity contribution in [3.8, 4) is 11.5 Å². The molecule has 2 aromatic carbocycles. The van der Waals surface area contributed by atoms with Gasteiger partial charge in [-0.3, -0.25) is 9.79 Å². The van der Waals surface area contributed by atoms with E-state index in [-0.39, 0.29) is 11.9 Å². The maximum Gasteiger partial charge on any atom is 0.222 e. The second kappa shape index (κ2) is 10.3. The van der Waals surface area contributed by atoms with Gasteiger partial charge in [0.2, 0.25) is 5.91 Å². The smallest absolute Gasteiger partial charge is 0.222 e. The van der Waals surface area contributed by atoms with E-state index in [2.05, 4.69) is 15.6 Å². The summed E-state index contributed by atoms with van der Waals surface area (Å²) >= 11 is 0. The van der Waals surface area contributed by atoms with E-state index >= 15 is 0 Å². The molecule has 28 heavy (non-hydrogen) atoms. The lowest BCUT2D eigenvalue weighted by atomic mass is 9.95. The van der Waals surface area contributed by atoms with Gasteiger partial charge in [0.15, 0.2) is 5.96 Å². The first-order chi connectivity index (χ1) is 13.7. The second-order valence-corrected chi connectivity index (χ2v) is 6.99. The van der Waals surface area contributed by atoms with Gasteiger partial charge in [0, 0.05) is 24.2 Å². The van der Waals surface area contributed by atoms with E-state index in [1.165, 1.54) is 19.3 Å².